The Labute approximate surface area is 101 Å². The molecule has 2 N–H and O–H groups in total. The highest BCUT2D eigenvalue weighted by atomic mass is 16.3. The van der Waals surface area contributed by atoms with Crippen molar-refractivity contribution >= 4 is 5.91 Å². The molecule has 1 aromatic heterocycles. The monoisotopic (exact) mass is 237 g/mol. The molecule has 2 rings (SSSR count). The van der Waals surface area contributed by atoms with Crippen LogP contribution in [0.4, 0.5) is 0 Å². The summed E-state index contributed by atoms with van der Waals surface area (Å²) in [7, 11) is 1.83. The van der Waals surface area contributed by atoms with Gasteiger partial charge in [-0.1, -0.05) is 0 Å². The lowest BCUT2D eigenvalue weighted by Gasteiger charge is -2.42. The molecule has 1 aliphatic heterocycles. The molecule has 0 bridgehead atoms. The standard InChI is InChI=1S/C12H19N3O2/c1-9-7-15(8-10-4-3-5-17-10)11(6-13)12(16)14(9)2/h3-5,9,11H,6-8,13H2,1-2H3. The topological polar surface area (TPSA) is 62.7 Å². The molecular weight excluding hydrogens is 218 g/mol. The molecule has 1 aliphatic rings. The quantitative estimate of drug-likeness (QED) is 0.819. The van der Waals surface area contributed by atoms with Crippen LogP contribution in [0.3, 0.4) is 0 Å². The van der Waals surface area contributed by atoms with E-state index in [4.69, 9.17) is 10.2 Å². The van der Waals surface area contributed by atoms with Crippen molar-refractivity contribution < 1.29 is 9.21 Å². The molecule has 1 aromatic rings. The Morgan fingerprint density at radius 2 is 2.35 bits per heavy atom. The molecule has 1 saturated heterocycles. The minimum absolute atomic E-state index is 0.0952. The van der Waals surface area contributed by atoms with Crippen LogP contribution in [0.25, 0.3) is 0 Å². The second-order valence-corrected chi connectivity index (χ2v) is 4.56. The summed E-state index contributed by atoms with van der Waals surface area (Å²) in [6.07, 6.45) is 1.65. The Kier molecular flexibility index (Phi) is 3.49. The number of carbonyl (C=O) groups excluding carboxylic acids is 1. The molecule has 1 fully saturated rings. The van der Waals surface area contributed by atoms with Gasteiger partial charge in [-0.2, -0.15) is 0 Å². The zero-order valence-corrected chi connectivity index (χ0v) is 10.3. The summed E-state index contributed by atoms with van der Waals surface area (Å²) in [4.78, 5) is 15.9. The molecule has 0 saturated carbocycles. The molecule has 2 heterocycles. The molecule has 2 unspecified atom stereocenters. The Hall–Kier alpha value is -1.33. The molecule has 1 amide bonds. The molecular formula is C12H19N3O2. The van der Waals surface area contributed by atoms with E-state index in [1.165, 1.54) is 0 Å². The third-order valence-corrected chi connectivity index (χ3v) is 3.40. The first-order valence-corrected chi connectivity index (χ1v) is 5.86. The van der Waals surface area contributed by atoms with Crippen molar-refractivity contribution in [2.75, 3.05) is 20.1 Å². The van der Waals surface area contributed by atoms with Gasteiger partial charge >= 0.3 is 0 Å². The van der Waals surface area contributed by atoms with Crippen molar-refractivity contribution in [1.29, 1.82) is 0 Å². The van der Waals surface area contributed by atoms with Gasteiger partial charge in [-0.15, -0.1) is 0 Å². The lowest BCUT2D eigenvalue weighted by Crippen LogP contribution is -2.61. The minimum atomic E-state index is -0.235. The molecule has 5 nitrogen and oxygen atoms in total. The molecule has 0 radical (unpaired) electrons. The van der Waals surface area contributed by atoms with Crippen molar-refractivity contribution in [3.8, 4) is 0 Å². The van der Waals surface area contributed by atoms with Gasteiger partial charge in [0.1, 0.15) is 11.8 Å². The van der Waals surface area contributed by atoms with Crippen molar-refractivity contribution in [1.82, 2.24) is 9.80 Å². The zero-order chi connectivity index (χ0) is 12.4. The van der Waals surface area contributed by atoms with Gasteiger partial charge in [0, 0.05) is 26.2 Å². The molecule has 5 heteroatoms. The number of nitrogens with zero attached hydrogens (tertiary/aromatic N) is 2. The number of carbonyl (C=O) groups is 1. The second kappa shape index (κ2) is 4.89. The van der Waals surface area contributed by atoms with Crippen LogP contribution in [-0.2, 0) is 11.3 Å². The van der Waals surface area contributed by atoms with Gasteiger partial charge < -0.3 is 15.1 Å². The number of likely N-dealkylation sites (N-methyl/N-ethyl adjacent to an activating group) is 1. The van der Waals surface area contributed by atoms with Gasteiger partial charge in [-0.05, 0) is 19.1 Å². The van der Waals surface area contributed by atoms with E-state index in [-0.39, 0.29) is 18.0 Å². The average molecular weight is 237 g/mol. The van der Waals surface area contributed by atoms with Crippen molar-refractivity contribution in [2.45, 2.75) is 25.6 Å². The lowest BCUT2D eigenvalue weighted by molar-refractivity contribution is -0.143. The van der Waals surface area contributed by atoms with Gasteiger partial charge in [-0.25, -0.2) is 0 Å². The molecule has 2 atom stereocenters. The van der Waals surface area contributed by atoms with Crippen molar-refractivity contribution in [3.05, 3.63) is 24.2 Å². The zero-order valence-electron chi connectivity index (χ0n) is 10.3. The van der Waals surface area contributed by atoms with Crippen LogP contribution in [0.15, 0.2) is 22.8 Å². The van der Waals surface area contributed by atoms with Crippen LogP contribution in [0.5, 0.6) is 0 Å². The first-order valence-electron chi connectivity index (χ1n) is 5.86. The van der Waals surface area contributed by atoms with Crippen LogP contribution < -0.4 is 5.73 Å². The first-order chi connectivity index (χ1) is 8.13. The molecule has 0 aromatic carbocycles. The van der Waals surface area contributed by atoms with Crippen LogP contribution in [0.2, 0.25) is 0 Å². The Bertz CT molecular complexity index is 377. The SMILES string of the molecule is CC1CN(Cc2ccco2)C(CN)C(=O)N1C. The summed E-state index contributed by atoms with van der Waals surface area (Å²) < 4.78 is 5.32. The van der Waals surface area contributed by atoms with Gasteiger partial charge in [0.2, 0.25) is 5.91 Å². The number of hydrogen-bond donors (Lipinski definition) is 1. The highest BCUT2D eigenvalue weighted by Crippen LogP contribution is 2.17. The van der Waals surface area contributed by atoms with Gasteiger partial charge in [0.05, 0.1) is 12.8 Å². The van der Waals surface area contributed by atoms with Crippen molar-refractivity contribution in [3.63, 3.8) is 0 Å². The average Bonchev–Trinajstić information content (AvgIpc) is 2.79. The maximum atomic E-state index is 12.1. The van der Waals surface area contributed by atoms with E-state index in [0.717, 1.165) is 12.3 Å². The number of furan rings is 1. The van der Waals surface area contributed by atoms with Crippen LogP contribution in [0, 0.1) is 0 Å². The lowest BCUT2D eigenvalue weighted by atomic mass is 10.1. The summed E-state index contributed by atoms with van der Waals surface area (Å²) in [5.74, 6) is 0.964. The number of nitrogens with two attached hydrogens (primary N) is 1. The highest BCUT2D eigenvalue weighted by molar-refractivity contribution is 5.83. The smallest absolute Gasteiger partial charge is 0.241 e. The summed E-state index contributed by atoms with van der Waals surface area (Å²) in [5.41, 5.74) is 5.70. The maximum Gasteiger partial charge on any atom is 0.241 e. The summed E-state index contributed by atoms with van der Waals surface area (Å²) in [5, 5.41) is 0. The number of piperazine rings is 1. The maximum absolute atomic E-state index is 12.1. The van der Waals surface area contributed by atoms with E-state index in [0.29, 0.717) is 13.1 Å². The van der Waals surface area contributed by atoms with E-state index in [2.05, 4.69) is 4.90 Å². The van der Waals surface area contributed by atoms with Crippen LogP contribution >= 0.6 is 0 Å². The largest absolute Gasteiger partial charge is 0.468 e. The third kappa shape index (κ3) is 2.35. The van der Waals surface area contributed by atoms with Crippen LogP contribution in [-0.4, -0.2) is 47.9 Å². The molecule has 0 aliphatic carbocycles. The Morgan fingerprint density at radius 1 is 1.59 bits per heavy atom. The number of amides is 1. The van der Waals surface area contributed by atoms with Gasteiger partial charge in [0.15, 0.2) is 0 Å². The highest BCUT2D eigenvalue weighted by Gasteiger charge is 2.35. The van der Waals surface area contributed by atoms with E-state index in [1.54, 1.807) is 11.2 Å². The van der Waals surface area contributed by atoms with Crippen molar-refractivity contribution in [2.24, 2.45) is 5.73 Å². The second-order valence-electron chi connectivity index (χ2n) is 4.56. The van der Waals surface area contributed by atoms with Gasteiger partial charge in [0.25, 0.3) is 0 Å². The predicted molar refractivity (Wildman–Crippen MR) is 64.2 cm³/mol. The van der Waals surface area contributed by atoms with E-state index in [1.807, 2.05) is 26.1 Å². The van der Waals surface area contributed by atoms with E-state index >= 15 is 0 Å². The molecule has 17 heavy (non-hydrogen) atoms. The number of hydrogen-bond acceptors (Lipinski definition) is 4. The summed E-state index contributed by atoms with van der Waals surface area (Å²) in [6, 6.07) is 3.75. The first kappa shape index (κ1) is 12.1. The fourth-order valence-electron chi connectivity index (χ4n) is 2.22. The fraction of sp³-hybridized carbons (Fsp3) is 0.583. The summed E-state index contributed by atoms with van der Waals surface area (Å²) >= 11 is 0. The normalized spacial score (nSPS) is 26.5. The Balaban J connectivity index is 2.12. The van der Waals surface area contributed by atoms with Gasteiger partial charge in [-0.3, -0.25) is 9.69 Å². The molecule has 94 valence electrons. The summed E-state index contributed by atoms with van der Waals surface area (Å²) in [6.45, 7) is 3.85. The number of rotatable bonds is 3. The fourth-order valence-corrected chi connectivity index (χ4v) is 2.22. The third-order valence-electron chi connectivity index (χ3n) is 3.40. The van der Waals surface area contributed by atoms with Crippen LogP contribution in [0.1, 0.15) is 12.7 Å². The minimum Gasteiger partial charge on any atom is -0.468 e. The molecule has 0 spiro atoms. The van der Waals surface area contributed by atoms with E-state index in [9.17, 15) is 4.79 Å². The Morgan fingerprint density at radius 3 is 2.94 bits per heavy atom. The predicted octanol–water partition coefficient (Wildman–Crippen LogP) is 0.269. The van der Waals surface area contributed by atoms with E-state index < -0.39 is 0 Å².